The molecule has 0 radical (unpaired) electrons. The van der Waals surface area contributed by atoms with E-state index in [9.17, 15) is 14.0 Å². The second-order valence-electron chi connectivity index (χ2n) is 7.69. The molecule has 0 saturated carbocycles. The van der Waals surface area contributed by atoms with Gasteiger partial charge in [0.25, 0.3) is 0 Å². The highest BCUT2D eigenvalue weighted by molar-refractivity contribution is 7.60. The predicted molar refractivity (Wildman–Crippen MR) is 125 cm³/mol. The predicted octanol–water partition coefficient (Wildman–Crippen LogP) is 6.21. The molecule has 0 fully saturated rings. The van der Waals surface area contributed by atoms with Gasteiger partial charge in [0.1, 0.15) is 12.4 Å². The first-order chi connectivity index (χ1) is 14.9. The van der Waals surface area contributed by atoms with Crippen LogP contribution < -0.4 is 4.74 Å². The van der Waals surface area contributed by atoms with Gasteiger partial charge < -0.3 is 19.4 Å². The van der Waals surface area contributed by atoms with Gasteiger partial charge in [-0.05, 0) is 65.5 Å². The normalized spacial score (nSPS) is 14.7. The largest absolute Gasteiger partial charge is 0.489 e. The van der Waals surface area contributed by atoms with E-state index in [-0.39, 0.29) is 0 Å². The molecule has 0 amide bonds. The van der Waals surface area contributed by atoms with Crippen molar-refractivity contribution in [2.24, 2.45) is 0 Å². The number of phosphoric acid groups is 2. The van der Waals surface area contributed by atoms with Crippen LogP contribution in [0.2, 0.25) is 0 Å². The third-order valence-corrected chi connectivity index (χ3v) is 6.49. The molecule has 180 valence electrons. The van der Waals surface area contributed by atoms with E-state index in [1.54, 1.807) is 24.3 Å². The highest BCUT2D eigenvalue weighted by atomic mass is 31.3. The van der Waals surface area contributed by atoms with Crippen LogP contribution >= 0.6 is 15.6 Å². The summed E-state index contributed by atoms with van der Waals surface area (Å²) in [5, 5.41) is 0. The second-order valence-corrected chi connectivity index (χ2v) is 10.5. The molecule has 10 heteroatoms. The Balaban J connectivity index is 2.54. The van der Waals surface area contributed by atoms with Crippen LogP contribution in [-0.2, 0) is 24.6 Å². The number of hydrogen-bond acceptors (Lipinski definition) is 5. The molecule has 1 unspecified atom stereocenters. The molecule has 1 atom stereocenters. The van der Waals surface area contributed by atoms with Gasteiger partial charge in [0.2, 0.25) is 0 Å². The van der Waals surface area contributed by atoms with Crippen molar-refractivity contribution in [3.63, 3.8) is 0 Å². The Hall–Kier alpha value is -1.50. The van der Waals surface area contributed by atoms with Crippen molar-refractivity contribution in [2.75, 3.05) is 6.61 Å². The van der Waals surface area contributed by atoms with Crippen LogP contribution in [-0.4, -0.2) is 21.3 Å². The average Bonchev–Trinajstić information content (AvgIpc) is 2.67. The first kappa shape index (κ1) is 28.5. The molecule has 1 aromatic rings. The highest BCUT2D eigenvalue weighted by Crippen LogP contribution is 2.58. The van der Waals surface area contributed by atoms with Crippen LogP contribution in [0.25, 0.3) is 0 Å². The van der Waals surface area contributed by atoms with Gasteiger partial charge in [-0.3, -0.25) is 4.52 Å². The van der Waals surface area contributed by atoms with Crippen LogP contribution in [0.3, 0.4) is 0 Å². The van der Waals surface area contributed by atoms with Gasteiger partial charge in [-0.2, -0.15) is 4.31 Å². The van der Waals surface area contributed by atoms with E-state index >= 15 is 0 Å². The summed E-state index contributed by atoms with van der Waals surface area (Å²) in [7, 11) is -10.1. The van der Waals surface area contributed by atoms with E-state index < -0.39 is 22.3 Å². The van der Waals surface area contributed by atoms with E-state index in [0.29, 0.717) is 17.9 Å². The molecule has 0 saturated heterocycles. The summed E-state index contributed by atoms with van der Waals surface area (Å²) in [4.78, 5) is 26.7. The van der Waals surface area contributed by atoms with Crippen LogP contribution in [0.4, 0.5) is 0 Å². The minimum Gasteiger partial charge on any atom is -0.489 e. The Labute approximate surface area is 190 Å². The lowest BCUT2D eigenvalue weighted by molar-refractivity contribution is 0.170. The van der Waals surface area contributed by atoms with Gasteiger partial charge in [-0.15, -0.1) is 0 Å². The van der Waals surface area contributed by atoms with Crippen LogP contribution in [0.1, 0.15) is 58.9 Å². The van der Waals surface area contributed by atoms with Crippen LogP contribution in [0.15, 0.2) is 59.2 Å². The summed E-state index contributed by atoms with van der Waals surface area (Å²) >= 11 is 0. The number of phosphoric ester groups is 1. The topological polar surface area (TPSA) is 123 Å². The molecule has 0 aromatic heterocycles. The zero-order valence-corrected chi connectivity index (χ0v) is 20.9. The lowest BCUT2D eigenvalue weighted by Crippen LogP contribution is -2.01. The third kappa shape index (κ3) is 13.8. The number of benzene rings is 1. The number of allylic oxidation sites excluding steroid dienone is 5. The Morgan fingerprint density at radius 2 is 1.50 bits per heavy atom. The van der Waals surface area contributed by atoms with Crippen molar-refractivity contribution in [3.8, 4) is 5.75 Å². The molecular weight excluding hydrogens is 454 g/mol. The van der Waals surface area contributed by atoms with E-state index in [1.807, 2.05) is 13.0 Å². The molecule has 0 heterocycles. The average molecular weight is 488 g/mol. The number of unbranched alkanes of at least 4 members (excludes halogenated alkanes) is 1. The maximum Gasteiger partial charge on any atom is 0.481 e. The fourth-order valence-corrected chi connectivity index (χ4v) is 4.21. The number of hydrogen-bond donors (Lipinski definition) is 3. The molecule has 1 aromatic carbocycles. The van der Waals surface area contributed by atoms with Gasteiger partial charge >= 0.3 is 15.6 Å². The minimum absolute atomic E-state index is 0.307. The van der Waals surface area contributed by atoms with E-state index in [1.165, 1.54) is 16.7 Å². The van der Waals surface area contributed by atoms with Gasteiger partial charge in [0, 0.05) is 5.56 Å². The molecule has 0 bridgehead atoms. The number of rotatable bonds is 14. The van der Waals surface area contributed by atoms with Gasteiger partial charge in [-0.25, -0.2) is 9.13 Å². The summed E-state index contributed by atoms with van der Waals surface area (Å²) in [6.45, 7) is 8.27. The summed E-state index contributed by atoms with van der Waals surface area (Å²) in [5.41, 5.74) is 4.32. The second kappa shape index (κ2) is 13.9. The SMILES string of the molecule is CC(C)=CCC/C=C(\C)CC/C(C)=C/COc1ccccc1COP(=O)(O)OP(=O)(O)O. The van der Waals surface area contributed by atoms with Gasteiger partial charge in [0.05, 0.1) is 6.61 Å². The van der Waals surface area contributed by atoms with E-state index in [4.69, 9.17) is 14.5 Å². The fraction of sp³-hybridized carbons (Fsp3) is 0.455. The van der Waals surface area contributed by atoms with Crippen LogP contribution in [0, 0.1) is 0 Å². The molecule has 0 spiro atoms. The molecule has 1 rings (SSSR count). The van der Waals surface area contributed by atoms with Crippen molar-refractivity contribution in [2.45, 2.75) is 60.0 Å². The van der Waals surface area contributed by atoms with E-state index in [2.05, 4.69) is 41.8 Å². The molecule has 8 nitrogen and oxygen atoms in total. The summed E-state index contributed by atoms with van der Waals surface area (Å²) in [6, 6.07) is 6.72. The Kier molecular flexibility index (Phi) is 12.4. The van der Waals surface area contributed by atoms with Crippen molar-refractivity contribution >= 4 is 15.6 Å². The molecule has 3 N–H and O–H groups in total. The Morgan fingerprint density at radius 3 is 2.12 bits per heavy atom. The van der Waals surface area contributed by atoms with Crippen molar-refractivity contribution in [1.82, 2.24) is 0 Å². The summed E-state index contributed by atoms with van der Waals surface area (Å²) in [6.07, 6.45) is 10.5. The van der Waals surface area contributed by atoms with E-state index in [0.717, 1.165) is 25.7 Å². The Bertz CT molecular complexity index is 910. The maximum atomic E-state index is 11.6. The zero-order chi connectivity index (χ0) is 24.2. The standard InChI is InChI=1S/C22H34O8P2/c1-18(2)9-5-6-10-19(3)13-14-20(4)15-16-28-22-12-8-7-11-21(22)17-29-32(26,27)30-31(23,24)25/h7-12,15H,5-6,13-14,16-17H2,1-4H3,(H,26,27)(H2,23,24,25)/b19-10+,20-15+. The third-order valence-electron chi connectivity index (χ3n) is 4.36. The van der Waals surface area contributed by atoms with Gasteiger partial charge in [-0.1, -0.05) is 47.1 Å². The molecule has 0 aliphatic heterocycles. The summed E-state index contributed by atoms with van der Waals surface area (Å²) < 4.78 is 36.6. The number of para-hydroxylation sites is 1. The lowest BCUT2D eigenvalue weighted by Gasteiger charge is -2.14. The minimum atomic E-state index is -5.16. The first-order valence-corrected chi connectivity index (χ1v) is 13.3. The monoisotopic (exact) mass is 488 g/mol. The Morgan fingerprint density at radius 1 is 0.906 bits per heavy atom. The van der Waals surface area contributed by atoms with Crippen LogP contribution in [0.5, 0.6) is 5.75 Å². The van der Waals surface area contributed by atoms with Crippen molar-refractivity contribution in [1.29, 1.82) is 0 Å². The summed E-state index contributed by atoms with van der Waals surface area (Å²) in [5.74, 6) is 0.433. The van der Waals surface area contributed by atoms with Crippen molar-refractivity contribution < 1.29 is 37.4 Å². The molecular formula is C22H34O8P2. The smallest absolute Gasteiger partial charge is 0.481 e. The quantitative estimate of drug-likeness (QED) is 0.160. The first-order valence-electron chi connectivity index (χ1n) is 10.3. The molecule has 0 aliphatic rings. The lowest BCUT2D eigenvalue weighted by atomic mass is 10.1. The maximum absolute atomic E-state index is 11.6. The number of ether oxygens (including phenoxy) is 1. The fourth-order valence-electron chi connectivity index (χ4n) is 2.65. The van der Waals surface area contributed by atoms with Crippen molar-refractivity contribution in [3.05, 3.63) is 64.8 Å². The highest BCUT2D eigenvalue weighted by Gasteiger charge is 2.32. The molecule has 0 aliphatic carbocycles. The van der Waals surface area contributed by atoms with Gasteiger partial charge in [0.15, 0.2) is 0 Å². The molecule has 32 heavy (non-hydrogen) atoms. The zero-order valence-electron chi connectivity index (χ0n) is 19.1.